The van der Waals surface area contributed by atoms with E-state index in [2.05, 4.69) is 15.1 Å². The van der Waals surface area contributed by atoms with Gasteiger partial charge in [-0.15, -0.1) is 11.3 Å². The molecular formula is C14H18N4O4S2. The number of carbonyl (C=O) groups is 1. The highest BCUT2D eigenvalue weighted by atomic mass is 32.2. The maximum Gasteiger partial charge on any atom is 0.338 e. The minimum absolute atomic E-state index is 0.0877. The zero-order valence-corrected chi connectivity index (χ0v) is 14.7. The third kappa shape index (κ3) is 3.36. The average Bonchev–Trinajstić information content (AvgIpc) is 3.13. The number of fused-ring (bicyclic) bond motifs is 1. The van der Waals surface area contributed by atoms with E-state index in [1.807, 2.05) is 0 Å². The van der Waals surface area contributed by atoms with Crippen LogP contribution in [0.4, 0.5) is 0 Å². The average molecular weight is 370 g/mol. The molecule has 1 aliphatic rings. The fourth-order valence-electron chi connectivity index (χ4n) is 2.76. The van der Waals surface area contributed by atoms with Gasteiger partial charge in [0.2, 0.25) is 0 Å². The van der Waals surface area contributed by atoms with Crippen LogP contribution in [0.5, 0.6) is 0 Å². The van der Waals surface area contributed by atoms with Crippen molar-refractivity contribution in [3.8, 4) is 0 Å². The van der Waals surface area contributed by atoms with Crippen LogP contribution in [0.3, 0.4) is 0 Å². The van der Waals surface area contributed by atoms with Crippen LogP contribution in [-0.2, 0) is 29.5 Å². The van der Waals surface area contributed by atoms with E-state index < -0.39 is 22.0 Å². The number of rotatable bonds is 6. The van der Waals surface area contributed by atoms with Gasteiger partial charge in [0, 0.05) is 29.9 Å². The molecule has 0 saturated carbocycles. The van der Waals surface area contributed by atoms with Gasteiger partial charge in [0.25, 0.3) is 10.0 Å². The Bertz CT molecular complexity index is 843. The van der Waals surface area contributed by atoms with E-state index in [0.717, 1.165) is 16.2 Å². The van der Waals surface area contributed by atoms with Gasteiger partial charge >= 0.3 is 5.97 Å². The normalized spacial score (nSPS) is 15.9. The molecular weight excluding hydrogens is 352 g/mol. The van der Waals surface area contributed by atoms with Gasteiger partial charge < -0.3 is 10.4 Å². The van der Waals surface area contributed by atoms with Crippen molar-refractivity contribution in [2.75, 3.05) is 6.54 Å². The molecule has 0 spiro atoms. The molecule has 0 saturated heterocycles. The molecule has 10 heteroatoms. The summed E-state index contributed by atoms with van der Waals surface area (Å²) in [6.45, 7) is 3.22. The molecule has 3 N–H and O–H groups in total. The van der Waals surface area contributed by atoms with E-state index in [-0.39, 0.29) is 9.77 Å². The zero-order valence-electron chi connectivity index (χ0n) is 13.0. The molecule has 130 valence electrons. The maximum atomic E-state index is 12.7. The van der Waals surface area contributed by atoms with Crippen molar-refractivity contribution in [3.05, 3.63) is 34.5 Å². The molecule has 3 rings (SSSR count). The Labute approximate surface area is 143 Å². The lowest BCUT2D eigenvalue weighted by Crippen LogP contribution is -2.36. The van der Waals surface area contributed by atoms with E-state index in [4.69, 9.17) is 0 Å². The van der Waals surface area contributed by atoms with Crippen molar-refractivity contribution in [2.45, 2.75) is 36.7 Å². The molecule has 0 fully saturated rings. The van der Waals surface area contributed by atoms with Crippen molar-refractivity contribution in [1.82, 2.24) is 19.8 Å². The van der Waals surface area contributed by atoms with Crippen LogP contribution in [0.2, 0.25) is 0 Å². The minimum atomic E-state index is -3.91. The Morgan fingerprint density at radius 1 is 1.58 bits per heavy atom. The summed E-state index contributed by atoms with van der Waals surface area (Å²) in [6, 6.07) is 1.33. The Morgan fingerprint density at radius 2 is 2.38 bits per heavy atom. The molecule has 0 aliphatic carbocycles. The van der Waals surface area contributed by atoms with Crippen molar-refractivity contribution in [2.24, 2.45) is 0 Å². The summed E-state index contributed by atoms with van der Waals surface area (Å²) in [4.78, 5) is 12.4. The van der Waals surface area contributed by atoms with Crippen LogP contribution in [0.15, 0.2) is 22.7 Å². The summed E-state index contributed by atoms with van der Waals surface area (Å²) in [6.07, 6.45) is 3.87. The molecule has 0 amide bonds. The second kappa shape index (κ2) is 6.63. The van der Waals surface area contributed by atoms with Gasteiger partial charge in [0.15, 0.2) is 0 Å². The summed E-state index contributed by atoms with van der Waals surface area (Å²) in [5.41, 5.74) is 0.543. The standard InChI is InChI=1S/C14H18N4O4S2/c1-9(8-18-6-2-4-16-18)17-24(21,22)14-12(13(19)20)10-3-5-15-7-11(10)23-14/h2,4,6,9,15,17H,3,5,7-8H2,1H3,(H,19,20). The van der Waals surface area contributed by atoms with Gasteiger partial charge in [-0.05, 0) is 31.5 Å². The van der Waals surface area contributed by atoms with Crippen LogP contribution in [0.25, 0.3) is 0 Å². The number of nitrogens with one attached hydrogen (secondary N) is 2. The largest absolute Gasteiger partial charge is 0.478 e. The molecule has 8 nitrogen and oxygen atoms in total. The Balaban J connectivity index is 1.89. The van der Waals surface area contributed by atoms with Crippen molar-refractivity contribution in [3.63, 3.8) is 0 Å². The maximum absolute atomic E-state index is 12.7. The Hall–Kier alpha value is -1.75. The second-order valence-corrected chi connectivity index (χ2v) is 8.66. The first-order valence-electron chi connectivity index (χ1n) is 7.47. The van der Waals surface area contributed by atoms with E-state index in [0.29, 0.717) is 31.6 Å². The van der Waals surface area contributed by atoms with Crippen molar-refractivity contribution >= 4 is 27.3 Å². The SMILES string of the molecule is CC(Cn1cccn1)NS(=O)(=O)c1sc2c(c1C(=O)O)CCNC2. The topological polar surface area (TPSA) is 113 Å². The lowest BCUT2D eigenvalue weighted by Gasteiger charge is -2.14. The van der Waals surface area contributed by atoms with Gasteiger partial charge in [0.1, 0.15) is 4.21 Å². The fourth-order valence-corrected chi connectivity index (χ4v) is 5.87. The summed E-state index contributed by atoms with van der Waals surface area (Å²) in [5.74, 6) is -1.20. The molecule has 0 radical (unpaired) electrons. The summed E-state index contributed by atoms with van der Waals surface area (Å²) < 4.78 is 29.5. The highest BCUT2D eigenvalue weighted by Crippen LogP contribution is 2.34. The number of aromatic nitrogens is 2. The second-order valence-electron chi connectivity index (χ2n) is 5.65. The zero-order chi connectivity index (χ0) is 17.3. The molecule has 2 aromatic heterocycles. The number of hydrogen-bond acceptors (Lipinski definition) is 6. The lowest BCUT2D eigenvalue weighted by molar-refractivity contribution is 0.0692. The predicted octanol–water partition coefficient (Wildman–Crippen LogP) is 0.656. The monoisotopic (exact) mass is 370 g/mol. The third-order valence-corrected chi connectivity index (χ3v) is 7.07. The van der Waals surface area contributed by atoms with Crippen LogP contribution in [0, 0.1) is 0 Å². The number of hydrogen-bond donors (Lipinski definition) is 3. The van der Waals surface area contributed by atoms with Crippen LogP contribution in [-0.4, -0.2) is 41.9 Å². The summed E-state index contributed by atoms with van der Waals surface area (Å²) >= 11 is 1.03. The van der Waals surface area contributed by atoms with Crippen LogP contribution < -0.4 is 10.0 Å². The molecule has 0 bridgehead atoms. The van der Waals surface area contributed by atoms with Gasteiger partial charge in [-0.3, -0.25) is 4.68 Å². The highest BCUT2D eigenvalue weighted by molar-refractivity contribution is 7.91. The van der Waals surface area contributed by atoms with Crippen LogP contribution in [0.1, 0.15) is 27.7 Å². The van der Waals surface area contributed by atoms with E-state index >= 15 is 0 Å². The molecule has 0 aromatic carbocycles. The van der Waals surface area contributed by atoms with Crippen molar-refractivity contribution in [1.29, 1.82) is 0 Å². The van der Waals surface area contributed by atoms with E-state index in [9.17, 15) is 18.3 Å². The number of sulfonamides is 1. The molecule has 1 aliphatic heterocycles. The number of aromatic carboxylic acids is 1. The predicted molar refractivity (Wildman–Crippen MR) is 88.7 cm³/mol. The molecule has 1 unspecified atom stereocenters. The molecule has 1 atom stereocenters. The first-order valence-corrected chi connectivity index (χ1v) is 9.77. The molecule has 24 heavy (non-hydrogen) atoms. The number of carboxylic acids is 1. The van der Waals surface area contributed by atoms with Gasteiger partial charge in [-0.25, -0.2) is 17.9 Å². The van der Waals surface area contributed by atoms with Gasteiger partial charge in [-0.1, -0.05) is 0 Å². The number of thiophene rings is 1. The summed E-state index contributed by atoms with van der Waals surface area (Å²) in [7, 11) is -3.91. The first-order chi connectivity index (χ1) is 11.4. The Morgan fingerprint density at radius 3 is 3.04 bits per heavy atom. The lowest BCUT2D eigenvalue weighted by atomic mass is 10.1. The van der Waals surface area contributed by atoms with E-state index in [1.165, 1.54) is 0 Å². The quantitative estimate of drug-likeness (QED) is 0.688. The molecule has 3 heterocycles. The van der Waals surface area contributed by atoms with Gasteiger partial charge in [-0.2, -0.15) is 5.10 Å². The van der Waals surface area contributed by atoms with Gasteiger partial charge in [0.05, 0.1) is 12.1 Å². The van der Waals surface area contributed by atoms with Crippen molar-refractivity contribution < 1.29 is 18.3 Å². The Kier molecular flexibility index (Phi) is 4.72. The third-order valence-electron chi connectivity index (χ3n) is 3.73. The first kappa shape index (κ1) is 17.1. The highest BCUT2D eigenvalue weighted by Gasteiger charge is 2.32. The molecule has 2 aromatic rings. The smallest absolute Gasteiger partial charge is 0.338 e. The number of nitrogens with zero attached hydrogens (tertiary/aromatic N) is 2. The fraction of sp³-hybridized carbons (Fsp3) is 0.429. The van der Waals surface area contributed by atoms with E-state index in [1.54, 1.807) is 30.1 Å². The minimum Gasteiger partial charge on any atom is -0.478 e. The summed E-state index contributed by atoms with van der Waals surface area (Å²) in [5, 5.41) is 16.7. The number of carboxylic acid groups (broad SMARTS) is 1. The van der Waals surface area contributed by atoms with Crippen LogP contribution >= 0.6 is 11.3 Å².